The normalized spacial score (nSPS) is 55.9. The first kappa shape index (κ1) is 24.8. The summed E-state index contributed by atoms with van der Waals surface area (Å²) in [5.41, 5.74) is 0.501. The first-order valence-corrected chi connectivity index (χ1v) is 13.9. The molecule has 0 amide bonds. The van der Waals surface area contributed by atoms with Gasteiger partial charge in [0.25, 0.3) is 0 Å². The number of carbonyl (C=O) groups is 1. The van der Waals surface area contributed by atoms with Gasteiger partial charge in [-0.05, 0) is 116 Å². The van der Waals surface area contributed by atoms with E-state index in [4.69, 9.17) is 0 Å². The minimum absolute atomic E-state index is 0.00606. The molecular weight excluding hydrogens is 424 g/mol. The molecule has 5 saturated carbocycles. The van der Waals surface area contributed by atoms with E-state index in [-0.39, 0.29) is 27.6 Å². The van der Waals surface area contributed by atoms with Crippen LogP contribution in [-0.2, 0) is 4.79 Å². The Morgan fingerprint density at radius 3 is 2.15 bits per heavy atom. The van der Waals surface area contributed by atoms with Crippen LogP contribution in [0.1, 0.15) is 99.3 Å². The summed E-state index contributed by atoms with van der Waals surface area (Å²) in [4.78, 5) is 12.8. The van der Waals surface area contributed by atoms with Crippen LogP contribution < -0.4 is 0 Å². The summed E-state index contributed by atoms with van der Waals surface area (Å²) in [6.45, 7) is 18.2. The fourth-order valence-electron chi connectivity index (χ4n) is 11.7. The first-order valence-electron chi connectivity index (χ1n) is 13.9. The SMILES string of the molecule is C=C(C)[C@@H]1CC[C@]2(C(=O)O)CC[C@]3(C)[C@@H](CC[C@@H]4[C@@]5(C)C[C@@H](O)[C@@H](O)C(C)(C)[C@@H]5CC[C@]43C)[C@@H]12. The second kappa shape index (κ2) is 7.34. The van der Waals surface area contributed by atoms with E-state index in [0.717, 1.165) is 51.4 Å². The van der Waals surface area contributed by atoms with Gasteiger partial charge < -0.3 is 15.3 Å². The summed E-state index contributed by atoms with van der Waals surface area (Å²) in [5, 5.41) is 32.4. The second-order valence-electron chi connectivity index (χ2n) is 14.7. The minimum atomic E-state index is -0.669. The highest BCUT2D eigenvalue weighted by Crippen LogP contribution is 2.77. The zero-order valence-corrected chi connectivity index (χ0v) is 22.4. The van der Waals surface area contributed by atoms with E-state index < -0.39 is 23.6 Å². The number of allylic oxidation sites excluding steroid dienone is 1. The van der Waals surface area contributed by atoms with Gasteiger partial charge in [0.1, 0.15) is 0 Å². The Morgan fingerprint density at radius 1 is 0.853 bits per heavy atom. The van der Waals surface area contributed by atoms with Gasteiger partial charge in [-0.2, -0.15) is 0 Å². The molecule has 5 rings (SSSR count). The van der Waals surface area contributed by atoms with Crippen molar-refractivity contribution in [2.45, 2.75) is 112 Å². The van der Waals surface area contributed by atoms with E-state index in [9.17, 15) is 20.1 Å². The average molecular weight is 473 g/mol. The minimum Gasteiger partial charge on any atom is -0.481 e. The highest BCUT2D eigenvalue weighted by molar-refractivity contribution is 5.76. The Labute approximate surface area is 206 Å². The molecule has 0 bridgehead atoms. The number of carboxylic acid groups (broad SMARTS) is 1. The third-order valence-corrected chi connectivity index (χ3v) is 13.4. The molecule has 0 unspecified atom stereocenters. The van der Waals surface area contributed by atoms with Crippen molar-refractivity contribution in [2.24, 2.45) is 56.7 Å². The van der Waals surface area contributed by atoms with Crippen molar-refractivity contribution in [3.8, 4) is 0 Å². The molecular formula is C30H48O4. The number of hydrogen-bond donors (Lipinski definition) is 3. The van der Waals surface area contributed by atoms with Gasteiger partial charge in [0.2, 0.25) is 0 Å². The fourth-order valence-corrected chi connectivity index (χ4v) is 11.7. The molecule has 0 saturated heterocycles. The van der Waals surface area contributed by atoms with Gasteiger partial charge in [0, 0.05) is 0 Å². The van der Waals surface area contributed by atoms with Crippen LogP contribution in [0.2, 0.25) is 0 Å². The molecule has 4 nitrogen and oxygen atoms in total. The number of aliphatic carboxylic acids is 1. The smallest absolute Gasteiger partial charge is 0.309 e. The third kappa shape index (κ3) is 2.76. The topological polar surface area (TPSA) is 77.8 Å². The van der Waals surface area contributed by atoms with Gasteiger partial charge in [-0.3, -0.25) is 4.79 Å². The van der Waals surface area contributed by atoms with Gasteiger partial charge in [-0.25, -0.2) is 0 Å². The maximum Gasteiger partial charge on any atom is 0.309 e. The Balaban J connectivity index is 1.57. The molecule has 11 atom stereocenters. The zero-order chi connectivity index (χ0) is 25.1. The highest BCUT2D eigenvalue weighted by atomic mass is 16.4. The van der Waals surface area contributed by atoms with Crippen LogP contribution in [0.3, 0.4) is 0 Å². The van der Waals surface area contributed by atoms with Crippen molar-refractivity contribution in [3.63, 3.8) is 0 Å². The van der Waals surface area contributed by atoms with Gasteiger partial charge in [0.05, 0.1) is 17.6 Å². The van der Waals surface area contributed by atoms with Crippen molar-refractivity contribution in [1.29, 1.82) is 0 Å². The highest BCUT2D eigenvalue weighted by Gasteiger charge is 2.72. The Morgan fingerprint density at radius 2 is 1.53 bits per heavy atom. The fraction of sp³-hybridized carbons (Fsp3) is 0.900. The number of aliphatic hydroxyl groups excluding tert-OH is 2. The molecule has 0 heterocycles. The van der Waals surface area contributed by atoms with Gasteiger partial charge >= 0.3 is 5.97 Å². The number of carboxylic acids is 1. The first-order chi connectivity index (χ1) is 15.7. The van der Waals surface area contributed by atoms with E-state index in [0.29, 0.717) is 30.1 Å². The summed E-state index contributed by atoms with van der Waals surface area (Å²) in [6.07, 6.45) is 7.32. The standard InChI is InChI=1S/C30H48O4/c1-17(2)18-10-13-30(25(33)34)15-14-28(6)19(23(18)30)8-9-22-27(5)16-20(31)24(32)26(3,4)21(27)11-12-29(22,28)7/h18-24,31-32H,1,8-16H2,2-7H3,(H,33,34)/t18-,19-,20+,21-,22+,23+,24+,27-,28+,29+,30-/m0/s1. The molecule has 0 aromatic rings. The van der Waals surface area contributed by atoms with Crippen molar-refractivity contribution in [2.75, 3.05) is 0 Å². The molecule has 5 aliphatic carbocycles. The molecule has 192 valence electrons. The van der Waals surface area contributed by atoms with E-state index in [2.05, 4.69) is 48.1 Å². The van der Waals surface area contributed by atoms with E-state index in [1.165, 1.54) is 5.57 Å². The van der Waals surface area contributed by atoms with E-state index in [1.54, 1.807) is 0 Å². The maximum atomic E-state index is 12.8. The van der Waals surface area contributed by atoms with Gasteiger partial charge in [-0.1, -0.05) is 46.8 Å². The summed E-state index contributed by atoms with van der Waals surface area (Å²) in [5.74, 6) is 1.24. The summed E-state index contributed by atoms with van der Waals surface area (Å²) in [6, 6.07) is 0. The molecule has 0 spiro atoms. The van der Waals surface area contributed by atoms with E-state index in [1.807, 2.05) is 0 Å². The average Bonchev–Trinajstić information content (AvgIpc) is 3.14. The number of hydrogen-bond acceptors (Lipinski definition) is 3. The molecule has 5 fully saturated rings. The van der Waals surface area contributed by atoms with Crippen LogP contribution in [0.5, 0.6) is 0 Å². The Kier molecular flexibility index (Phi) is 5.36. The largest absolute Gasteiger partial charge is 0.481 e. The Hall–Kier alpha value is -0.870. The van der Waals surface area contributed by atoms with Gasteiger partial charge in [0.15, 0.2) is 0 Å². The molecule has 0 radical (unpaired) electrons. The number of aliphatic hydroxyl groups is 2. The molecule has 3 N–H and O–H groups in total. The van der Waals surface area contributed by atoms with Crippen molar-refractivity contribution < 1.29 is 20.1 Å². The second-order valence-corrected chi connectivity index (χ2v) is 14.7. The Bertz CT molecular complexity index is 894. The quantitative estimate of drug-likeness (QED) is 0.427. The van der Waals surface area contributed by atoms with Crippen LogP contribution >= 0.6 is 0 Å². The number of fused-ring (bicyclic) bond motifs is 7. The van der Waals surface area contributed by atoms with Crippen molar-refractivity contribution in [1.82, 2.24) is 0 Å². The summed E-state index contributed by atoms with van der Waals surface area (Å²) >= 11 is 0. The number of rotatable bonds is 2. The lowest BCUT2D eigenvalue weighted by Crippen LogP contribution is -2.68. The third-order valence-electron chi connectivity index (χ3n) is 13.4. The van der Waals surface area contributed by atoms with Gasteiger partial charge in [-0.15, -0.1) is 0 Å². The summed E-state index contributed by atoms with van der Waals surface area (Å²) < 4.78 is 0. The predicted molar refractivity (Wildman–Crippen MR) is 134 cm³/mol. The monoisotopic (exact) mass is 472 g/mol. The molecule has 0 aromatic carbocycles. The van der Waals surface area contributed by atoms with E-state index >= 15 is 0 Å². The van der Waals surface area contributed by atoms with Crippen LogP contribution in [0.15, 0.2) is 12.2 Å². The lowest BCUT2D eigenvalue weighted by Gasteiger charge is -2.73. The molecule has 34 heavy (non-hydrogen) atoms. The van der Waals surface area contributed by atoms with Crippen LogP contribution in [0.25, 0.3) is 0 Å². The van der Waals surface area contributed by atoms with Crippen LogP contribution in [0, 0.1) is 56.7 Å². The molecule has 5 aliphatic rings. The zero-order valence-electron chi connectivity index (χ0n) is 22.4. The lowest BCUT2D eigenvalue weighted by molar-refractivity contribution is -0.263. The predicted octanol–water partition coefficient (Wildman–Crippen LogP) is 6.06. The van der Waals surface area contributed by atoms with Crippen LogP contribution in [-0.4, -0.2) is 33.5 Å². The molecule has 4 heteroatoms. The molecule has 0 aliphatic heterocycles. The lowest BCUT2D eigenvalue weighted by atomic mass is 9.32. The van der Waals surface area contributed by atoms with Crippen molar-refractivity contribution in [3.05, 3.63) is 12.2 Å². The maximum absolute atomic E-state index is 12.8. The van der Waals surface area contributed by atoms with Crippen molar-refractivity contribution >= 4 is 5.97 Å². The van der Waals surface area contributed by atoms with Crippen LogP contribution in [0.4, 0.5) is 0 Å². The summed E-state index contributed by atoms with van der Waals surface area (Å²) in [7, 11) is 0. The molecule has 0 aromatic heterocycles.